The Kier molecular flexibility index (Phi) is 5.40. The summed E-state index contributed by atoms with van der Waals surface area (Å²) in [6.07, 6.45) is -0.721. The minimum atomic E-state index is -3.78. The summed E-state index contributed by atoms with van der Waals surface area (Å²) in [5.41, 5.74) is -0.358. The number of rotatable bonds is 4. The first-order chi connectivity index (χ1) is 9.40. The number of hydrogen-bond donors (Lipinski definition) is 2. The Bertz CT molecular complexity index is 638. The van der Waals surface area contributed by atoms with Gasteiger partial charge in [0.1, 0.15) is 5.75 Å². The number of benzene rings is 1. The van der Waals surface area contributed by atoms with Crippen molar-refractivity contribution < 1.29 is 17.9 Å². The van der Waals surface area contributed by atoms with Gasteiger partial charge in [-0.15, -0.1) is 0 Å². The summed E-state index contributed by atoms with van der Waals surface area (Å²) in [6.45, 7) is 7.22. The molecule has 6 nitrogen and oxygen atoms in total. The van der Waals surface area contributed by atoms with Gasteiger partial charge in [-0.05, 0) is 61.8 Å². The number of nitrogens with one attached hydrogen (secondary N) is 1. The molecule has 0 aliphatic carbocycles. The van der Waals surface area contributed by atoms with Crippen LogP contribution in [0.1, 0.15) is 27.7 Å². The van der Waals surface area contributed by atoms with E-state index in [1.165, 1.54) is 18.2 Å². The van der Waals surface area contributed by atoms with Gasteiger partial charge in [-0.1, -0.05) is 0 Å². The van der Waals surface area contributed by atoms with Crippen LogP contribution in [-0.4, -0.2) is 26.0 Å². The van der Waals surface area contributed by atoms with Gasteiger partial charge in [0.15, 0.2) is 6.10 Å². The van der Waals surface area contributed by atoms with Gasteiger partial charge in [0.2, 0.25) is 10.0 Å². The van der Waals surface area contributed by atoms with Gasteiger partial charge in [0.05, 0.1) is 9.37 Å². The van der Waals surface area contributed by atoms with Gasteiger partial charge in [0.25, 0.3) is 5.91 Å². The van der Waals surface area contributed by atoms with Gasteiger partial charge in [-0.25, -0.2) is 13.6 Å². The summed E-state index contributed by atoms with van der Waals surface area (Å²) in [4.78, 5) is 11.9. The van der Waals surface area contributed by atoms with Crippen molar-refractivity contribution in [1.29, 1.82) is 0 Å². The number of carbonyl (C=O) groups excluding carboxylic acids is 1. The van der Waals surface area contributed by atoms with E-state index >= 15 is 0 Å². The van der Waals surface area contributed by atoms with Crippen molar-refractivity contribution in [3.63, 3.8) is 0 Å². The lowest BCUT2D eigenvalue weighted by Crippen LogP contribution is -2.46. The maximum absolute atomic E-state index is 11.9. The second-order valence-electron chi connectivity index (χ2n) is 5.64. The number of hydrogen-bond acceptors (Lipinski definition) is 4. The molecular weight excluding hydrogens is 360 g/mol. The third-order valence-corrected chi connectivity index (χ3v) is 3.93. The maximum Gasteiger partial charge on any atom is 0.261 e. The molecule has 1 rings (SSSR count). The minimum Gasteiger partial charge on any atom is -0.480 e. The molecule has 0 fully saturated rings. The van der Waals surface area contributed by atoms with Gasteiger partial charge in [-0.2, -0.15) is 0 Å². The van der Waals surface area contributed by atoms with Crippen molar-refractivity contribution in [1.82, 2.24) is 5.32 Å². The number of primary sulfonamides is 1. The number of nitrogens with two attached hydrogens (primary N) is 1. The number of ether oxygens (including phenoxy) is 1. The standard InChI is InChI=1S/C13H19BrN2O4S/c1-8(12(17)16-13(2,3)4)20-11-6-5-9(7-10(11)14)21(15,18)19/h5-8H,1-4H3,(H,16,17)(H2,15,18,19). The van der Waals surface area contributed by atoms with Gasteiger partial charge < -0.3 is 10.1 Å². The number of sulfonamides is 1. The van der Waals surface area contributed by atoms with Crippen LogP contribution in [0.3, 0.4) is 0 Å². The van der Waals surface area contributed by atoms with Crippen LogP contribution in [0.25, 0.3) is 0 Å². The van der Waals surface area contributed by atoms with Crippen LogP contribution >= 0.6 is 15.9 Å². The molecule has 3 N–H and O–H groups in total. The molecule has 0 radical (unpaired) electrons. The number of carbonyl (C=O) groups is 1. The Labute approximate surface area is 133 Å². The molecule has 0 aliphatic rings. The monoisotopic (exact) mass is 378 g/mol. The van der Waals surface area contributed by atoms with Crippen LogP contribution in [0.15, 0.2) is 27.6 Å². The summed E-state index contributed by atoms with van der Waals surface area (Å²) in [5, 5.41) is 7.84. The molecule has 21 heavy (non-hydrogen) atoms. The normalized spacial score (nSPS) is 13.6. The lowest BCUT2D eigenvalue weighted by atomic mass is 10.1. The second-order valence-corrected chi connectivity index (χ2v) is 8.05. The first-order valence-corrected chi connectivity index (χ1v) is 8.55. The Hall–Kier alpha value is -1.12. The molecule has 1 aromatic carbocycles. The van der Waals surface area contributed by atoms with E-state index in [1.54, 1.807) is 6.92 Å². The molecule has 1 unspecified atom stereocenters. The van der Waals surface area contributed by atoms with E-state index in [0.29, 0.717) is 10.2 Å². The Morgan fingerprint density at radius 1 is 1.38 bits per heavy atom. The number of amides is 1. The zero-order chi connectivity index (χ0) is 16.4. The quantitative estimate of drug-likeness (QED) is 0.833. The average molecular weight is 379 g/mol. The molecule has 8 heteroatoms. The SMILES string of the molecule is CC(Oc1ccc(S(N)(=O)=O)cc1Br)C(=O)NC(C)(C)C. The van der Waals surface area contributed by atoms with Gasteiger partial charge >= 0.3 is 0 Å². The molecule has 1 amide bonds. The van der Waals surface area contributed by atoms with Crippen LogP contribution < -0.4 is 15.2 Å². The van der Waals surface area contributed by atoms with E-state index in [9.17, 15) is 13.2 Å². The van der Waals surface area contributed by atoms with Crippen molar-refractivity contribution in [2.45, 2.75) is 44.2 Å². The zero-order valence-corrected chi connectivity index (χ0v) is 14.7. The highest BCUT2D eigenvalue weighted by Gasteiger charge is 2.21. The molecule has 118 valence electrons. The number of halogens is 1. The first-order valence-electron chi connectivity index (χ1n) is 6.21. The topological polar surface area (TPSA) is 98.5 Å². The Balaban J connectivity index is 2.87. The maximum atomic E-state index is 11.9. The predicted molar refractivity (Wildman–Crippen MR) is 83.5 cm³/mol. The highest BCUT2D eigenvalue weighted by Crippen LogP contribution is 2.28. The smallest absolute Gasteiger partial charge is 0.261 e. The van der Waals surface area contributed by atoms with E-state index in [0.717, 1.165) is 0 Å². The summed E-state index contributed by atoms with van der Waals surface area (Å²) in [6, 6.07) is 4.10. The molecule has 1 atom stereocenters. The van der Waals surface area contributed by atoms with Crippen LogP contribution in [0.4, 0.5) is 0 Å². The highest BCUT2D eigenvalue weighted by molar-refractivity contribution is 9.10. The van der Waals surface area contributed by atoms with Crippen molar-refractivity contribution in [2.24, 2.45) is 5.14 Å². The second kappa shape index (κ2) is 6.33. The third-order valence-electron chi connectivity index (χ3n) is 2.40. The molecule has 0 bridgehead atoms. The van der Waals surface area contributed by atoms with Crippen molar-refractivity contribution in [2.75, 3.05) is 0 Å². The molecule has 1 aromatic rings. The Morgan fingerprint density at radius 2 is 1.95 bits per heavy atom. The van der Waals surface area contributed by atoms with Crippen LogP contribution in [0.2, 0.25) is 0 Å². The molecule has 0 saturated carbocycles. The van der Waals surface area contributed by atoms with Gasteiger partial charge in [-0.3, -0.25) is 4.79 Å². The fraction of sp³-hybridized carbons (Fsp3) is 0.462. The fourth-order valence-corrected chi connectivity index (χ4v) is 2.63. The van der Waals surface area contributed by atoms with Crippen LogP contribution in [-0.2, 0) is 14.8 Å². The fourth-order valence-electron chi connectivity index (χ4n) is 1.47. The largest absolute Gasteiger partial charge is 0.480 e. The summed E-state index contributed by atoms with van der Waals surface area (Å²) in [7, 11) is -3.78. The van der Waals surface area contributed by atoms with E-state index in [-0.39, 0.29) is 16.3 Å². The van der Waals surface area contributed by atoms with Crippen LogP contribution in [0, 0.1) is 0 Å². The summed E-state index contributed by atoms with van der Waals surface area (Å²) < 4.78 is 28.4. The van der Waals surface area contributed by atoms with Crippen molar-refractivity contribution in [3.8, 4) is 5.75 Å². The molecular formula is C13H19BrN2O4S. The van der Waals surface area contributed by atoms with E-state index in [4.69, 9.17) is 9.88 Å². The van der Waals surface area contributed by atoms with Gasteiger partial charge in [0, 0.05) is 5.54 Å². The third kappa shape index (κ3) is 5.64. The molecule has 0 saturated heterocycles. The molecule has 0 spiro atoms. The lowest BCUT2D eigenvalue weighted by molar-refractivity contribution is -0.128. The molecule has 0 aliphatic heterocycles. The molecule has 0 heterocycles. The zero-order valence-electron chi connectivity index (χ0n) is 12.3. The minimum absolute atomic E-state index is 0.0338. The predicted octanol–water partition coefficient (Wildman–Crippen LogP) is 1.78. The van der Waals surface area contributed by atoms with Crippen LogP contribution in [0.5, 0.6) is 5.75 Å². The first kappa shape index (κ1) is 17.9. The van der Waals surface area contributed by atoms with E-state index < -0.39 is 16.1 Å². The Morgan fingerprint density at radius 3 is 2.38 bits per heavy atom. The lowest BCUT2D eigenvalue weighted by Gasteiger charge is -2.24. The van der Waals surface area contributed by atoms with E-state index in [2.05, 4.69) is 21.2 Å². The average Bonchev–Trinajstić information content (AvgIpc) is 2.27. The van der Waals surface area contributed by atoms with Crippen molar-refractivity contribution in [3.05, 3.63) is 22.7 Å². The molecule has 0 aromatic heterocycles. The van der Waals surface area contributed by atoms with Crippen molar-refractivity contribution >= 4 is 31.9 Å². The van der Waals surface area contributed by atoms with E-state index in [1.807, 2.05) is 20.8 Å². The summed E-state index contributed by atoms with van der Waals surface area (Å²) >= 11 is 3.20. The highest BCUT2D eigenvalue weighted by atomic mass is 79.9. The summed E-state index contributed by atoms with van der Waals surface area (Å²) in [5.74, 6) is 0.101.